The van der Waals surface area contributed by atoms with Gasteiger partial charge in [-0.1, -0.05) is 11.6 Å². The van der Waals surface area contributed by atoms with Gasteiger partial charge in [0.15, 0.2) is 5.09 Å². The highest BCUT2D eigenvalue weighted by Gasteiger charge is 2.16. The fourth-order valence-corrected chi connectivity index (χ4v) is 2.46. The standard InChI is InChI=1S/C13H10ClNO5S/c14-8-1-3-9(4-2-8)15-11(16)7-21(19)12-6-5-10(20-12)13(17)18/h1-6H,7H2,(H,15,16)(H,17,18). The second-order valence-electron chi connectivity index (χ2n) is 3.97. The first-order valence-electron chi connectivity index (χ1n) is 5.72. The van der Waals surface area contributed by atoms with Crippen LogP contribution in [0.2, 0.25) is 5.02 Å². The Morgan fingerprint density at radius 1 is 1.19 bits per heavy atom. The van der Waals surface area contributed by atoms with Crippen LogP contribution in [0, 0.1) is 0 Å². The van der Waals surface area contributed by atoms with Gasteiger partial charge in [0.2, 0.25) is 11.7 Å². The average Bonchev–Trinajstić information content (AvgIpc) is 2.91. The molecule has 1 unspecified atom stereocenters. The van der Waals surface area contributed by atoms with Crippen molar-refractivity contribution >= 4 is 40.0 Å². The molecule has 0 saturated heterocycles. The van der Waals surface area contributed by atoms with E-state index in [1.54, 1.807) is 24.3 Å². The summed E-state index contributed by atoms with van der Waals surface area (Å²) in [6.45, 7) is 0. The third-order valence-electron chi connectivity index (χ3n) is 2.41. The number of halogens is 1. The molecule has 0 bridgehead atoms. The predicted octanol–water partition coefficient (Wildman–Crippen LogP) is 2.38. The molecule has 6 nitrogen and oxygen atoms in total. The van der Waals surface area contributed by atoms with Gasteiger partial charge >= 0.3 is 5.97 Å². The van der Waals surface area contributed by atoms with Crippen LogP contribution in [0.25, 0.3) is 0 Å². The van der Waals surface area contributed by atoms with Crippen molar-refractivity contribution in [3.63, 3.8) is 0 Å². The maximum Gasteiger partial charge on any atom is 0.371 e. The van der Waals surface area contributed by atoms with Gasteiger partial charge in [-0.3, -0.25) is 9.00 Å². The van der Waals surface area contributed by atoms with Gasteiger partial charge in [-0.25, -0.2) is 4.79 Å². The molecule has 0 radical (unpaired) electrons. The topological polar surface area (TPSA) is 96.6 Å². The Morgan fingerprint density at radius 3 is 2.43 bits per heavy atom. The second-order valence-corrected chi connectivity index (χ2v) is 5.79. The minimum atomic E-state index is -1.76. The minimum Gasteiger partial charge on any atom is -0.475 e. The van der Waals surface area contributed by atoms with Crippen LogP contribution in [0.15, 0.2) is 45.9 Å². The lowest BCUT2D eigenvalue weighted by Gasteiger charge is -2.04. The smallest absolute Gasteiger partial charge is 0.371 e. The quantitative estimate of drug-likeness (QED) is 0.878. The van der Waals surface area contributed by atoms with Crippen LogP contribution in [-0.2, 0) is 15.6 Å². The number of benzene rings is 1. The lowest BCUT2D eigenvalue weighted by Crippen LogP contribution is -2.19. The molecule has 0 aliphatic carbocycles. The third-order valence-corrected chi connectivity index (χ3v) is 3.85. The van der Waals surface area contributed by atoms with Gasteiger partial charge in [0.05, 0.1) is 10.8 Å². The molecule has 8 heteroatoms. The molecule has 0 aliphatic heterocycles. The maximum absolute atomic E-state index is 11.9. The molecule has 0 spiro atoms. The monoisotopic (exact) mass is 327 g/mol. The molecule has 2 rings (SSSR count). The molecule has 21 heavy (non-hydrogen) atoms. The van der Waals surface area contributed by atoms with E-state index in [-0.39, 0.29) is 16.6 Å². The molecule has 1 heterocycles. The normalized spacial score (nSPS) is 11.9. The van der Waals surface area contributed by atoms with Crippen LogP contribution in [-0.4, -0.2) is 26.9 Å². The van der Waals surface area contributed by atoms with Gasteiger partial charge in [0.25, 0.3) is 0 Å². The number of hydrogen-bond acceptors (Lipinski definition) is 4. The number of carbonyl (C=O) groups is 2. The number of aromatic carboxylic acids is 1. The summed E-state index contributed by atoms with van der Waals surface area (Å²) >= 11 is 5.72. The highest BCUT2D eigenvalue weighted by atomic mass is 35.5. The minimum absolute atomic E-state index is 0.0568. The number of hydrogen-bond donors (Lipinski definition) is 2. The molecule has 2 aromatic rings. The number of carboxylic acid groups (broad SMARTS) is 1. The molecule has 1 aromatic carbocycles. The van der Waals surface area contributed by atoms with E-state index in [9.17, 15) is 13.8 Å². The predicted molar refractivity (Wildman–Crippen MR) is 77.0 cm³/mol. The van der Waals surface area contributed by atoms with E-state index in [1.165, 1.54) is 12.1 Å². The van der Waals surface area contributed by atoms with Crippen molar-refractivity contribution in [2.75, 3.05) is 11.1 Å². The molecular weight excluding hydrogens is 318 g/mol. The molecule has 1 aromatic heterocycles. The van der Waals surface area contributed by atoms with E-state index in [1.807, 2.05) is 0 Å². The van der Waals surface area contributed by atoms with Crippen LogP contribution in [0.1, 0.15) is 10.6 Å². The number of anilines is 1. The van der Waals surface area contributed by atoms with E-state index >= 15 is 0 Å². The van der Waals surface area contributed by atoms with Gasteiger partial charge in [0, 0.05) is 10.7 Å². The summed E-state index contributed by atoms with van der Waals surface area (Å²) in [5, 5.41) is 11.7. The van der Waals surface area contributed by atoms with Crippen LogP contribution in [0.4, 0.5) is 5.69 Å². The molecule has 0 saturated carbocycles. The summed E-state index contributed by atoms with van der Waals surface area (Å²) < 4.78 is 16.8. The van der Waals surface area contributed by atoms with Crippen LogP contribution in [0.3, 0.4) is 0 Å². The SMILES string of the molecule is O=C(CS(=O)c1ccc(C(=O)O)o1)Nc1ccc(Cl)cc1. The van der Waals surface area contributed by atoms with E-state index < -0.39 is 22.7 Å². The number of nitrogens with one attached hydrogen (secondary N) is 1. The lowest BCUT2D eigenvalue weighted by atomic mass is 10.3. The highest BCUT2D eigenvalue weighted by Crippen LogP contribution is 2.15. The van der Waals surface area contributed by atoms with Gasteiger partial charge in [-0.15, -0.1) is 0 Å². The third kappa shape index (κ3) is 4.17. The summed E-state index contributed by atoms with van der Waals surface area (Å²) in [5.41, 5.74) is 0.520. The van der Waals surface area contributed by atoms with Gasteiger partial charge in [0.1, 0.15) is 5.75 Å². The van der Waals surface area contributed by atoms with Crippen LogP contribution >= 0.6 is 11.6 Å². The van der Waals surface area contributed by atoms with Crippen molar-refractivity contribution in [3.05, 3.63) is 47.2 Å². The van der Waals surface area contributed by atoms with Gasteiger partial charge < -0.3 is 14.8 Å². The number of carboxylic acids is 1. The summed E-state index contributed by atoms with van der Waals surface area (Å²) in [5.74, 6) is -2.40. The number of rotatable bonds is 5. The summed E-state index contributed by atoms with van der Waals surface area (Å²) in [6.07, 6.45) is 0. The van der Waals surface area contributed by atoms with E-state index in [0.717, 1.165) is 0 Å². The molecule has 110 valence electrons. The average molecular weight is 328 g/mol. The Morgan fingerprint density at radius 2 is 1.86 bits per heavy atom. The maximum atomic E-state index is 11.9. The number of amides is 1. The zero-order valence-electron chi connectivity index (χ0n) is 10.5. The zero-order chi connectivity index (χ0) is 15.4. The first kappa shape index (κ1) is 15.3. The summed E-state index contributed by atoms with van der Waals surface area (Å²) in [4.78, 5) is 22.4. The Labute approximate surface area is 127 Å². The molecule has 0 fully saturated rings. The van der Waals surface area contributed by atoms with Crippen molar-refractivity contribution in [3.8, 4) is 0 Å². The molecule has 0 aliphatic rings. The Kier molecular flexibility index (Phi) is 4.77. The Bertz CT molecular complexity index is 695. The summed E-state index contributed by atoms with van der Waals surface area (Å²) in [7, 11) is -1.76. The van der Waals surface area contributed by atoms with Gasteiger partial charge in [-0.05, 0) is 36.4 Å². The van der Waals surface area contributed by atoms with E-state index in [2.05, 4.69) is 5.32 Å². The number of furan rings is 1. The Balaban J connectivity index is 1.96. The molecular formula is C13H10ClNO5S. The van der Waals surface area contributed by atoms with Crippen molar-refractivity contribution < 1.29 is 23.3 Å². The van der Waals surface area contributed by atoms with E-state index in [4.69, 9.17) is 21.1 Å². The largest absolute Gasteiger partial charge is 0.475 e. The molecule has 2 N–H and O–H groups in total. The fourth-order valence-electron chi connectivity index (χ4n) is 1.48. The lowest BCUT2D eigenvalue weighted by molar-refractivity contribution is -0.113. The van der Waals surface area contributed by atoms with Crippen LogP contribution < -0.4 is 5.32 Å². The molecule has 1 atom stereocenters. The first-order valence-corrected chi connectivity index (χ1v) is 7.42. The summed E-state index contributed by atoms with van der Waals surface area (Å²) in [6, 6.07) is 8.90. The van der Waals surface area contributed by atoms with Gasteiger partial charge in [-0.2, -0.15) is 0 Å². The van der Waals surface area contributed by atoms with Crippen molar-refractivity contribution in [2.24, 2.45) is 0 Å². The zero-order valence-corrected chi connectivity index (χ0v) is 12.1. The van der Waals surface area contributed by atoms with Crippen molar-refractivity contribution in [1.82, 2.24) is 0 Å². The van der Waals surface area contributed by atoms with E-state index in [0.29, 0.717) is 10.7 Å². The van der Waals surface area contributed by atoms with Crippen molar-refractivity contribution in [1.29, 1.82) is 0 Å². The van der Waals surface area contributed by atoms with Crippen LogP contribution in [0.5, 0.6) is 0 Å². The second kappa shape index (κ2) is 6.55. The molecule has 1 amide bonds. The number of carbonyl (C=O) groups excluding carboxylic acids is 1. The fraction of sp³-hybridized carbons (Fsp3) is 0.0769. The Hall–Kier alpha value is -2.12. The first-order chi connectivity index (χ1) is 9.95. The van der Waals surface area contributed by atoms with Crippen molar-refractivity contribution in [2.45, 2.75) is 5.09 Å². The highest BCUT2D eigenvalue weighted by molar-refractivity contribution is 7.85.